The third-order valence-electron chi connectivity index (χ3n) is 3.96. The minimum atomic E-state index is -0.216. The van der Waals surface area contributed by atoms with Crippen molar-refractivity contribution in [3.05, 3.63) is 40.8 Å². The van der Waals surface area contributed by atoms with Crippen molar-refractivity contribution < 1.29 is 18.8 Å². The van der Waals surface area contributed by atoms with Crippen molar-refractivity contribution in [3.63, 3.8) is 0 Å². The summed E-state index contributed by atoms with van der Waals surface area (Å²) in [7, 11) is 0. The van der Waals surface area contributed by atoms with Crippen molar-refractivity contribution in [3.8, 4) is 11.5 Å². The number of hydrogen-bond acceptors (Lipinski definition) is 5. The van der Waals surface area contributed by atoms with Gasteiger partial charge in [0, 0.05) is 18.2 Å². The van der Waals surface area contributed by atoms with E-state index in [1.54, 1.807) is 0 Å². The maximum Gasteiger partial charge on any atom is 0.315 e. The highest BCUT2D eigenvalue weighted by Crippen LogP contribution is 2.32. The SMILES string of the molecule is Cc1noc(C)c1CC(C)NC(=O)NCc1ccc2c(c1)OCO2. The first kappa shape index (κ1) is 16.2. The van der Waals surface area contributed by atoms with Gasteiger partial charge in [-0.2, -0.15) is 0 Å². The Labute approximate surface area is 140 Å². The number of carbonyl (C=O) groups is 1. The Morgan fingerprint density at radius 2 is 2.08 bits per heavy atom. The van der Waals surface area contributed by atoms with Crippen molar-refractivity contribution in [1.82, 2.24) is 15.8 Å². The fourth-order valence-electron chi connectivity index (χ4n) is 2.66. The summed E-state index contributed by atoms with van der Waals surface area (Å²) in [6.45, 7) is 6.39. The predicted octanol–water partition coefficient (Wildman–Crippen LogP) is 2.45. The molecule has 2 aromatic rings. The molecule has 7 heteroatoms. The molecule has 0 bridgehead atoms. The van der Waals surface area contributed by atoms with Crippen LogP contribution in [0.15, 0.2) is 22.7 Å². The Kier molecular flexibility index (Phi) is 4.59. The van der Waals surface area contributed by atoms with Gasteiger partial charge in [-0.1, -0.05) is 11.2 Å². The monoisotopic (exact) mass is 331 g/mol. The summed E-state index contributed by atoms with van der Waals surface area (Å²) in [6.07, 6.45) is 0.679. The number of rotatable bonds is 5. The summed E-state index contributed by atoms with van der Waals surface area (Å²) in [6, 6.07) is 5.37. The minimum Gasteiger partial charge on any atom is -0.454 e. The first-order chi connectivity index (χ1) is 11.5. The van der Waals surface area contributed by atoms with E-state index in [1.165, 1.54) is 0 Å². The van der Waals surface area contributed by atoms with Gasteiger partial charge < -0.3 is 24.6 Å². The van der Waals surface area contributed by atoms with Gasteiger partial charge in [0.2, 0.25) is 6.79 Å². The number of carbonyl (C=O) groups excluding carboxylic acids is 1. The molecule has 1 aromatic carbocycles. The number of aromatic nitrogens is 1. The van der Waals surface area contributed by atoms with Gasteiger partial charge in [0.05, 0.1) is 5.69 Å². The lowest BCUT2D eigenvalue weighted by molar-refractivity contribution is 0.174. The molecule has 1 unspecified atom stereocenters. The molecule has 0 fully saturated rings. The number of nitrogens with zero attached hydrogens (tertiary/aromatic N) is 1. The Balaban J connectivity index is 1.48. The van der Waals surface area contributed by atoms with Crippen LogP contribution in [0, 0.1) is 13.8 Å². The van der Waals surface area contributed by atoms with E-state index in [0.717, 1.165) is 28.3 Å². The molecule has 1 atom stereocenters. The normalized spacial score (nSPS) is 13.6. The Morgan fingerprint density at radius 3 is 2.83 bits per heavy atom. The van der Waals surface area contributed by atoms with Gasteiger partial charge >= 0.3 is 6.03 Å². The molecule has 128 valence electrons. The molecular weight excluding hydrogens is 310 g/mol. The van der Waals surface area contributed by atoms with Gasteiger partial charge in [0.25, 0.3) is 0 Å². The first-order valence-electron chi connectivity index (χ1n) is 7.87. The Bertz CT molecular complexity index is 722. The molecule has 24 heavy (non-hydrogen) atoms. The quantitative estimate of drug-likeness (QED) is 0.879. The summed E-state index contributed by atoms with van der Waals surface area (Å²) >= 11 is 0. The molecule has 0 radical (unpaired) electrons. The van der Waals surface area contributed by atoms with Crippen LogP contribution >= 0.6 is 0 Å². The number of amides is 2. The summed E-state index contributed by atoms with van der Waals surface area (Å²) in [5.41, 5.74) is 2.85. The summed E-state index contributed by atoms with van der Waals surface area (Å²) in [5.74, 6) is 2.24. The maximum absolute atomic E-state index is 12.0. The second-order valence-corrected chi connectivity index (χ2v) is 5.92. The van der Waals surface area contributed by atoms with Crippen LogP contribution in [0.2, 0.25) is 0 Å². The zero-order valence-electron chi connectivity index (χ0n) is 14.0. The van der Waals surface area contributed by atoms with Gasteiger partial charge in [0.15, 0.2) is 11.5 Å². The predicted molar refractivity (Wildman–Crippen MR) is 87.1 cm³/mol. The van der Waals surface area contributed by atoms with Crippen LogP contribution < -0.4 is 20.1 Å². The number of fused-ring (bicyclic) bond motifs is 1. The zero-order chi connectivity index (χ0) is 17.1. The van der Waals surface area contributed by atoms with Gasteiger partial charge in [-0.05, 0) is 44.9 Å². The number of benzene rings is 1. The number of aryl methyl sites for hydroxylation is 2. The van der Waals surface area contributed by atoms with Crippen LogP contribution in [0.4, 0.5) is 4.79 Å². The van der Waals surface area contributed by atoms with Gasteiger partial charge in [0.1, 0.15) is 5.76 Å². The first-order valence-corrected chi connectivity index (χ1v) is 7.87. The van der Waals surface area contributed by atoms with E-state index in [1.807, 2.05) is 39.0 Å². The van der Waals surface area contributed by atoms with Crippen molar-refractivity contribution in [2.24, 2.45) is 0 Å². The van der Waals surface area contributed by atoms with E-state index in [0.29, 0.717) is 18.7 Å². The highest BCUT2D eigenvalue weighted by Gasteiger charge is 2.16. The smallest absolute Gasteiger partial charge is 0.315 e. The molecule has 1 aliphatic heterocycles. The minimum absolute atomic E-state index is 0.0291. The second-order valence-electron chi connectivity index (χ2n) is 5.92. The Morgan fingerprint density at radius 1 is 1.29 bits per heavy atom. The van der Waals surface area contributed by atoms with E-state index < -0.39 is 0 Å². The van der Waals surface area contributed by atoms with Crippen LogP contribution in [0.25, 0.3) is 0 Å². The molecule has 0 saturated heterocycles. The number of nitrogens with one attached hydrogen (secondary N) is 2. The fourth-order valence-corrected chi connectivity index (χ4v) is 2.66. The molecule has 1 aromatic heterocycles. The van der Waals surface area contributed by atoms with Crippen LogP contribution in [0.1, 0.15) is 29.5 Å². The summed E-state index contributed by atoms with van der Waals surface area (Å²) in [4.78, 5) is 12.0. The van der Waals surface area contributed by atoms with Crippen LogP contribution in [0.5, 0.6) is 11.5 Å². The van der Waals surface area contributed by atoms with Crippen molar-refractivity contribution in [2.45, 2.75) is 39.8 Å². The number of ether oxygens (including phenoxy) is 2. The average Bonchev–Trinajstić information content (AvgIpc) is 3.14. The third-order valence-corrected chi connectivity index (χ3v) is 3.96. The van der Waals surface area contributed by atoms with Crippen LogP contribution in [-0.2, 0) is 13.0 Å². The van der Waals surface area contributed by atoms with Crippen molar-refractivity contribution in [1.29, 1.82) is 0 Å². The largest absolute Gasteiger partial charge is 0.454 e. The van der Waals surface area contributed by atoms with E-state index in [2.05, 4.69) is 15.8 Å². The Hall–Kier alpha value is -2.70. The second kappa shape index (κ2) is 6.82. The molecule has 2 amide bonds. The highest BCUT2D eigenvalue weighted by atomic mass is 16.7. The van der Waals surface area contributed by atoms with Gasteiger partial charge in [-0.25, -0.2) is 4.79 Å². The molecule has 0 spiro atoms. The summed E-state index contributed by atoms with van der Waals surface area (Å²) in [5, 5.41) is 9.69. The molecule has 2 heterocycles. The topological polar surface area (TPSA) is 85.6 Å². The lowest BCUT2D eigenvalue weighted by Crippen LogP contribution is -2.41. The molecule has 1 aliphatic rings. The lowest BCUT2D eigenvalue weighted by Gasteiger charge is -2.14. The maximum atomic E-state index is 12.0. The molecule has 0 aliphatic carbocycles. The lowest BCUT2D eigenvalue weighted by atomic mass is 10.1. The molecular formula is C17H21N3O4. The van der Waals surface area contributed by atoms with Crippen LogP contribution in [0.3, 0.4) is 0 Å². The average molecular weight is 331 g/mol. The van der Waals surface area contributed by atoms with Crippen LogP contribution in [-0.4, -0.2) is 24.0 Å². The van der Waals surface area contributed by atoms with Crippen molar-refractivity contribution in [2.75, 3.05) is 6.79 Å². The van der Waals surface area contributed by atoms with Crippen molar-refractivity contribution >= 4 is 6.03 Å². The number of urea groups is 1. The highest BCUT2D eigenvalue weighted by molar-refractivity contribution is 5.74. The molecule has 0 saturated carbocycles. The molecule has 2 N–H and O–H groups in total. The van der Waals surface area contributed by atoms with E-state index >= 15 is 0 Å². The standard InChI is InChI=1S/C17H21N3O4/c1-10(6-14-11(2)20-24-12(14)3)19-17(21)18-8-13-4-5-15-16(7-13)23-9-22-15/h4-5,7,10H,6,8-9H2,1-3H3,(H2,18,19,21). The van der Waals surface area contributed by atoms with E-state index in [-0.39, 0.29) is 18.9 Å². The summed E-state index contributed by atoms with van der Waals surface area (Å²) < 4.78 is 15.7. The molecule has 3 rings (SSSR count). The van der Waals surface area contributed by atoms with E-state index in [9.17, 15) is 4.79 Å². The zero-order valence-corrected chi connectivity index (χ0v) is 14.0. The van der Waals surface area contributed by atoms with Gasteiger partial charge in [-0.15, -0.1) is 0 Å². The van der Waals surface area contributed by atoms with Gasteiger partial charge in [-0.3, -0.25) is 0 Å². The third kappa shape index (κ3) is 3.61. The number of hydrogen-bond donors (Lipinski definition) is 2. The molecule has 7 nitrogen and oxygen atoms in total. The fraction of sp³-hybridized carbons (Fsp3) is 0.412. The van der Waals surface area contributed by atoms with E-state index in [4.69, 9.17) is 14.0 Å².